The zero-order valence-electron chi connectivity index (χ0n) is 10.6. The minimum Gasteiger partial charge on any atom is -0.475 e. The fraction of sp³-hybridized carbons (Fsp3) is 0.267. The molecule has 18 heavy (non-hydrogen) atoms. The number of fused-ring (bicyclic) bond motifs is 3. The molecule has 2 heterocycles. The number of benzene rings is 1. The Labute approximate surface area is 106 Å². The lowest BCUT2D eigenvalue weighted by molar-refractivity contribution is 0.209. The van der Waals surface area contributed by atoms with E-state index in [4.69, 9.17) is 4.74 Å². The van der Waals surface area contributed by atoms with Crippen molar-refractivity contribution in [3.8, 4) is 5.88 Å². The van der Waals surface area contributed by atoms with Gasteiger partial charge in [-0.2, -0.15) is 0 Å². The van der Waals surface area contributed by atoms with E-state index in [0.29, 0.717) is 5.88 Å². The molecule has 2 aromatic heterocycles. The molecule has 0 radical (unpaired) electrons. The first-order valence-electron chi connectivity index (χ1n) is 6.31. The van der Waals surface area contributed by atoms with Crippen molar-refractivity contribution in [1.82, 2.24) is 9.97 Å². The first-order valence-corrected chi connectivity index (χ1v) is 6.31. The van der Waals surface area contributed by atoms with E-state index in [1.807, 2.05) is 24.4 Å². The molecule has 0 saturated heterocycles. The van der Waals surface area contributed by atoms with Gasteiger partial charge in [0.15, 0.2) is 0 Å². The summed E-state index contributed by atoms with van der Waals surface area (Å²) in [6, 6.07) is 10.3. The molecule has 1 N–H and O–H groups in total. The van der Waals surface area contributed by atoms with Crippen LogP contribution in [0.3, 0.4) is 0 Å². The van der Waals surface area contributed by atoms with Gasteiger partial charge in [-0.05, 0) is 19.4 Å². The Bertz CT molecular complexity index is 687. The molecule has 0 aliphatic carbocycles. The number of hydrogen-bond acceptors (Lipinski definition) is 2. The summed E-state index contributed by atoms with van der Waals surface area (Å²) in [5.74, 6) is 0.696. The maximum absolute atomic E-state index is 5.76. The summed E-state index contributed by atoms with van der Waals surface area (Å²) < 4.78 is 5.76. The Morgan fingerprint density at radius 3 is 2.89 bits per heavy atom. The van der Waals surface area contributed by atoms with Gasteiger partial charge in [-0.25, -0.2) is 4.98 Å². The van der Waals surface area contributed by atoms with Crippen LogP contribution in [-0.2, 0) is 0 Å². The van der Waals surface area contributed by atoms with Crippen LogP contribution >= 0.6 is 0 Å². The molecule has 3 nitrogen and oxygen atoms in total. The van der Waals surface area contributed by atoms with Crippen LogP contribution in [0.4, 0.5) is 0 Å². The van der Waals surface area contributed by atoms with Crippen LogP contribution in [0.5, 0.6) is 5.88 Å². The SMILES string of the molecule is CCC(C)Oc1cc2c(cn1)[nH]c1ccccc12. The number of rotatable bonds is 3. The lowest BCUT2D eigenvalue weighted by Crippen LogP contribution is -2.10. The van der Waals surface area contributed by atoms with Gasteiger partial charge in [0, 0.05) is 22.4 Å². The molecular formula is C15H16N2O. The van der Waals surface area contributed by atoms with E-state index in [1.165, 1.54) is 10.8 Å². The summed E-state index contributed by atoms with van der Waals surface area (Å²) in [7, 11) is 0. The molecule has 3 rings (SSSR count). The third-order valence-corrected chi connectivity index (χ3v) is 3.26. The van der Waals surface area contributed by atoms with Gasteiger partial charge < -0.3 is 9.72 Å². The number of aromatic nitrogens is 2. The lowest BCUT2D eigenvalue weighted by atomic mass is 10.2. The zero-order chi connectivity index (χ0) is 12.5. The summed E-state index contributed by atoms with van der Waals surface area (Å²) in [6.07, 6.45) is 3.01. The molecule has 0 spiro atoms. The van der Waals surface area contributed by atoms with Crippen molar-refractivity contribution in [3.05, 3.63) is 36.5 Å². The van der Waals surface area contributed by atoms with Crippen molar-refractivity contribution in [2.75, 3.05) is 0 Å². The standard InChI is InChI=1S/C15H16N2O/c1-3-10(2)18-15-8-12-11-6-4-5-7-13(11)17-14(12)9-16-15/h4-10,17H,3H2,1-2H3. The maximum Gasteiger partial charge on any atom is 0.214 e. The molecule has 3 heteroatoms. The number of para-hydroxylation sites is 1. The molecule has 0 aliphatic heterocycles. The van der Waals surface area contributed by atoms with Crippen LogP contribution in [-0.4, -0.2) is 16.1 Å². The molecule has 0 bridgehead atoms. The van der Waals surface area contributed by atoms with E-state index in [-0.39, 0.29) is 6.10 Å². The number of nitrogens with one attached hydrogen (secondary N) is 1. The highest BCUT2D eigenvalue weighted by atomic mass is 16.5. The lowest BCUT2D eigenvalue weighted by Gasteiger charge is -2.11. The molecule has 1 aromatic carbocycles. The first kappa shape index (κ1) is 11.1. The molecule has 0 fully saturated rings. The smallest absolute Gasteiger partial charge is 0.214 e. The van der Waals surface area contributed by atoms with Gasteiger partial charge in [-0.3, -0.25) is 0 Å². The Kier molecular flexibility index (Phi) is 2.67. The minimum absolute atomic E-state index is 0.195. The quantitative estimate of drug-likeness (QED) is 0.754. The minimum atomic E-state index is 0.195. The first-order chi connectivity index (χ1) is 8.78. The monoisotopic (exact) mass is 240 g/mol. The van der Waals surface area contributed by atoms with Crippen molar-refractivity contribution in [1.29, 1.82) is 0 Å². The Balaban J connectivity index is 2.12. The van der Waals surface area contributed by atoms with Crippen LogP contribution in [0.2, 0.25) is 0 Å². The summed E-state index contributed by atoms with van der Waals surface area (Å²) in [5.41, 5.74) is 2.18. The molecule has 1 unspecified atom stereocenters. The van der Waals surface area contributed by atoms with Gasteiger partial charge in [0.1, 0.15) is 0 Å². The summed E-state index contributed by atoms with van der Waals surface area (Å²) in [5, 5.41) is 2.38. The second-order valence-corrected chi connectivity index (χ2v) is 4.58. The van der Waals surface area contributed by atoms with Crippen molar-refractivity contribution >= 4 is 21.8 Å². The van der Waals surface area contributed by atoms with E-state index >= 15 is 0 Å². The molecule has 0 amide bonds. The van der Waals surface area contributed by atoms with Gasteiger partial charge in [0.2, 0.25) is 5.88 Å². The van der Waals surface area contributed by atoms with Gasteiger partial charge in [-0.15, -0.1) is 0 Å². The number of hydrogen-bond donors (Lipinski definition) is 1. The number of aromatic amines is 1. The summed E-state index contributed by atoms with van der Waals surface area (Å²) in [4.78, 5) is 7.69. The van der Waals surface area contributed by atoms with Gasteiger partial charge in [0.25, 0.3) is 0 Å². The number of nitrogens with zero attached hydrogens (tertiary/aromatic N) is 1. The van der Waals surface area contributed by atoms with Gasteiger partial charge in [0.05, 0.1) is 17.8 Å². The fourth-order valence-electron chi connectivity index (χ4n) is 2.08. The van der Waals surface area contributed by atoms with E-state index < -0.39 is 0 Å². The second kappa shape index (κ2) is 4.33. The van der Waals surface area contributed by atoms with Crippen molar-refractivity contribution in [2.45, 2.75) is 26.4 Å². The van der Waals surface area contributed by atoms with E-state index in [9.17, 15) is 0 Å². The van der Waals surface area contributed by atoms with Crippen LogP contribution in [0, 0.1) is 0 Å². The second-order valence-electron chi connectivity index (χ2n) is 4.58. The molecule has 3 aromatic rings. The predicted molar refractivity (Wildman–Crippen MR) is 74.0 cm³/mol. The van der Waals surface area contributed by atoms with E-state index in [2.05, 4.69) is 35.9 Å². The van der Waals surface area contributed by atoms with Crippen LogP contribution in [0.1, 0.15) is 20.3 Å². The van der Waals surface area contributed by atoms with Gasteiger partial charge in [-0.1, -0.05) is 25.1 Å². The fourth-order valence-corrected chi connectivity index (χ4v) is 2.08. The summed E-state index contributed by atoms with van der Waals surface area (Å²) in [6.45, 7) is 4.16. The average Bonchev–Trinajstić information content (AvgIpc) is 2.77. The molecule has 1 atom stereocenters. The van der Waals surface area contributed by atoms with E-state index in [0.717, 1.165) is 17.5 Å². The number of pyridine rings is 1. The highest BCUT2D eigenvalue weighted by molar-refractivity contribution is 6.07. The number of H-pyrrole nitrogens is 1. The van der Waals surface area contributed by atoms with E-state index in [1.54, 1.807) is 0 Å². The predicted octanol–water partition coefficient (Wildman–Crippen LogP) is 3.89. The zero-order valence-corrected chi connectivity index (χ0v) is 10.6. The Morgan fingerprint density at radius 2 is 2.06 bits per heavy atom. The largest absolute Gasteiger partial charge is 0.475 e. The third-order valence-electron chi connectivity index (χ3n) is 3.26. The molecule has 92 valence electrons. The molecular weight excluding hydrogens is 224 g/mol. The maximum atomic E-state index is 5.76. The highest BCUT2D eigenvalue weighted by Gasteiger charge is 2.07. The van der Waals surface area contributed by atoms with Crippen LogP contribution < -0.4 is 4.74 Å². The average molecular weight is 240 g/mol. The van der Waals surface area contributed by atoms with Crippen molar-refractivity contribution in [3.63, 3.8) is 0 Å². The third kappa shape index (κ3) is 1.82. The topological polar surface area (TPSA) is 37.9 Å². The van der Waals surface area contributed by atoms with Crippen LogP contribution in [0.15, 0.2) is 36.5 Å². The highest BCUT2D eigenvalue weighted by Crippen LogP contribution is 2.27. The van der Waals surface area contributed by atoms with Crippen molar-refractivity contribution < 1.29 is 4.74 Å². The van der Waals surface area contributed by atoms with Crippen LogP contribution in [0.25, 0.3) is 21.8 Å². The normalized spacial score (nSPS) is 13.0. The Hall–Kier alpha value is -2.03. The van der Waals surface area contributed by atoms with Crippen molar-refractivity contribution in [2.24, 2.45) is 0 Å². The number of ether oxygens (including phenoxy) is 1. The summed E-state index contributed by atoms with van der Waals surface area (Å²) >= 11 is 0. The van der Waals surface area contributed by atoms with Gasteiger partial charge >= 0.3 is 0 Å². The Morgan fingerprint density at radius 1 is 1.22 bits per heavy atom. The molecule has 0 aliphatic rings. The molecule has 0 saturated carbocycles.